The van der Waals surface area contributed by atoms with Gasteiger partial charge in [-0.1, -0.05) is 25.0 Å². The highest BCUT2D eigenvalue weighted by Gasteiger charge is 2.25. The van der Waals surface area contributed by atoms with Gasteiger partial charge >= 0.3 is 0 Å². The van der Waals surface area contributed by atoms with Gasteiger partial charge in [-0.3, -0.25) is 14.2 Å². The van der Waals surface area contributed by atoms with Crippen LogP contribution >= 0.6 is 0 Å². The molecule has 1 amide bonds. The summed E-state index contributed by atoms with van der Waals surface area (Å²) in [5, 5.41) is 3.37. The van der Waals surface area contributed by atoms with E-state index >= 15 is 0 Å². The Morgan fingerprint density at radius 1 is 1.03 bits per heavy atom. The van der Waals surface area contributed by atoms with Crippen LogP contribution in [0.2, 0.25) is 0 Å². The van der Waals surface area contributed by atoms with E-state index in [-0.39, 0.29) is 22.8 Å². The Labute approximate surface area is 199 Å². The minimum atomic E-state index is -3.52. The Morgan fingerprint density at radius 3 is 2.44 bits per heavy atom. The molecular weight excluding hydrogens is 452 g/mol. The van der Waals surface area contributed by atoms with Gasteiger partial charge in [0.1, 0.15) is 0 Å². The van der Waals surface area contributed by atoms with Crippen LogP contribution in [0.15, 0.2) is 58.5 Å². The van der Waals surface area contributed by atoms with Crippen molar-refractivity contribution in [2.75, 3.05) is 18.4 Å². The Morgan fingerprint density at radius 2 is 1.74 bits per heavy atom. The molecule has 1 aromatic heterocycles. The number of rotatable bonds is 7. The van der Waals surface area contributed by atoms with E-state index in [0.717, 1.165) is 31.2 Å². The summed E-state index contributed by atoms with van der Waals surface area (Å²) in [5.41, 5.74) is 2.07. The van der Waals surface area contributed by atoms with Crippen molar-refractivity contribution in [2.24, 2.45) is 0 Å². The molecule has 1 fully saturated rings. The van der Waals surface area contributed by atoms with Gasteiger partial charge in [0, 0.05) is 31.7 Å². The van der Waals surface area contributed by atoms with Gasteiger partial charge in [0.05, 0.1) is 22.1 Å². The van der Waals surface area contributed by atoms with Crippen LogP contribution in [0.25, 0.3) is 10.9 Å². The van der Waals surface area contributed by atoms with E-state index in [0.29, 0.717) is 42.6 Å². The van der Waals surface area contributed by atoms with Crippen LogP contribution in [0.5, 0.6) is 0 Å². The monoisotopic (exact) mass is 482 g/mol. The van der Waals surface area contributed by atoms with E-state index in [1.165, 1.54) is 23.0 Å². The highest BCUT2D eigenvalue weighted by atomic mass is 32.2. The van der Waals surface area contributed by atoms with Crippen molar-refractivity contribution in [1.82, 2.24) is 13.9 Å². The van der Waals surface area contributed by atoms with Crippen LogP contribution in [0.1, 0.15) is 44.1 Å². The molecule has 1 aliphatic heterocycles. The summed E-state index contributed by atoms with van der Waals surface area (Å²) in [6.45, 7) is 3.41. The Balaban J connectivity index is 1.33. The fraction of sp³-hybridized carbons (Fsp3) is 0.400. The van der Waals surface area contributed by atoms with Gasteiger partial charge in [0.2, 0.25) is 15.9 Å². The van der Waals surface area contributed by atoms with E-state index in [2.05, 4.69) is 10.3 Å². The number of amides is 1. The molecule has 180 valence electrons. The number of benzene rings is 2. The third kappa shape index (κ3) is 5.37. The molecule has 0 bridgehead atoms. The number of nitrogens with zero attached hydrogens (tertiary/aromatic N) is 3. The molecule has 34 heavy (non-hydrogen) atoms. The van der Waals surface area contributed by atoms with Crippen LogP contribution in [0.3, 0.4) is 0 Å². The number of nitrogens with one attached hydrogen (secondary N) is 1. The lowest BCUT2D eigenvalue weighted by Crippen LogP contribution is -2.31. The van der Waals surface area contributed by atoms with Crippen molar-refractivity contribution >= 4 is 32.5 Å². The molecule has 0 aliphatic carbocycles. The lowest BCUT2D eigenvalue weighted by atomic mass is 10.1. The number of sulfonamides is 1. The van der Waals surface area contributed by atoms with Gasteiger partial charge in [0.15, 0.2) is 0 Å². The number of anilines is 1. The van der Waals surface area contributed by atoms with Gasteiger partial charge in [-0.25, -0.2) is 13.4 Å². The second kappa shape index (κ2) is 10.5. The number of carbonyl (C=O) groups excluding carboxylic acids is 1. The SMILES string of the molecule is Cc1cccc2c(=O)n(CCCC(=O)Nc3ccc(S(=O)(=O)N4CCCCCC4)cc3)cnc12. The molecule has 1 saturated heterocycles. The predicted molar refractivity (Wildman–Crippen MR) is 132 cm³/mol. The van der Waals surface area contributed by atoms with Crippen molar-refractivity contribution in [2.45, 2.75) is 56.9 Å². The molecule has 1 N–H and O–H groups in total. The second-order valence-electron chi connectivity index (χ2n) is 8.71. The van der Waals surface area contributed by atoms with Gasteiger partial charge in [-0.2, -0.15) is 4.31 Å². The smallest absolute Gasteiger partial charge is 0.261 e. The molecule has 0 atom stereocenters. The Kier molecular flexibility index (Phi) is 7.43. The molecule has 0 radical (unpaired) electrons. The number of fused-ring (bicyclic) bond motifs is 1. The summed E-state index contributed by atoms with van der Waals surface area (Å²) >= 11 is 0. The zero-order valence-electron chi connectivity index (χ0n) is 19.4. The van der Waals surface area contributed by atoms with E-state index in [1.54, 1.807) is 22.5 Å². The van der Waals surface area contributed by atoms with Crippen molar-refractivity contribution in [3.05, 3.63) is 64.7 Å². The van der Waals surface area contributed by atoms with Crippen molar-refractivity contribution < 1.29 is 13.2 Å². The summed E-state index contributed by atoms with van der Waals surface area (Å²) in [6.07, 6.45) is 6.12. The van der Waals surface area contributed by atoms with E-state index in [4.69, 9.17) is 0 Å². The van der Waals surface area contributed by atoms with Crippen LogP contribution in [0.4, 0.5) is 5.69 Å². The number of hydrogen-bond donors (Lipinski definition) is 1. The maximum absolute atomic E-state index is 12.9. The average Bonchev–Trinajstić information content (AvgIpc) is 3.12. The summed E-state index contributed by atoms with van der Waals surface area (Å²) in [5.74, 6) is -0.194. The summed E-state index contributed by atoms with van der Waals surface area (Å²) in [6, 6.07) is 11.8. The molecule has 0 spiro atoms. The van der Waals surface area contributed by atoms with E-state index < -0.39 is 10.0 Å². The molecule has 0 saturated carbocycles. The molecule has 2 heterocycles. The fourth-order valence-corrected chi connectivity index (χ4v) is 5.79. The second-order valence-corrected chi connectivity index (χ2v) is 10.6. The van der Waals surface area contributed by atoms with Gasteiger partial charge in [-0.15, -0.1) is 0 Å². The minimum Gasteiger partial charge on any atom is -0.326 e. The lowest BCUT2D eigenvalue weighted by Gasteiger charge is -2.20. The fourth-order valence-electron chi connectivity index (χ4n) is 4.27. The number of aryl methyl sites for hydroxylation is 2. The molecule has 3 aromatic rings. The Bertz CT molecular complexity index is 1330. The first-order valence-electron chi connectivity index (χ1n) is 11.7. The first kappa shape index (κ1) is 24.1. The molecular formula is C25H30N4O4S. The van der Waals surface area contributed by atoms with Crippen molar-refractivity contribution in [1.29, 1.82) is 0 Å². The third-order valence-corrected chi connectivity index (χ3v) is 8.11. The molecule has 8 nitrogen and oxygen atoms in total. The predicted octanol–water partition coefficient (Wildman–Crippen LogP) is 3.69. The normalized spacial score (nSPS) is 15.2. The minimum absolute atomic E-state index is 0.115. The van der Waals surface area contributed by atoms with Gasteiger partial charge in [0.25, 0.3) is 5.56 Å². The van der Waals surface area contributed by atoms with Gasteiger partial charge < -0.3 is 5.32 Å². The third-order valence-electron chi connectivity index (χ3n) is 6.20. The van der Waals surface area contributed by atoms with Crippen molar-refractivity contribution in [3.8, 4) is 0 Å². The van der Waals surface area contributed by atoms with E-state index in [9.17, 15) is 18.0 Å². The van der Waals surface area contributed by atoms with Gasteiger partial charge in [-0.05, 0) is 62.1 Å². The molecule has 4 rings (SSSR count). The van der Waals surface area contributed by atoms with Crippen LogP contribution in [0, 0.1) is 6.92 Å². The summed E-state index contributed by atoms with van der Waals surface area (Å²) in [7, 11) is -3.52. The lowest BCUT2D eigenvalue weighted by molar-refractivity contribution is -0.116. The first-order chi connectivity index (χ1) is 16.4. The molecule has 2 aromatic carbocycles. The average molecular weight is 483 g/mol. The highest BCUT2D eigenvalue weighted by Crippen LogP contribution is 2.22. The Hall–Kier alpha value is -3.04. The first-order valence-corrected chi connectivity index (χ1v) is 13.1. The zero-order valence-corrected chi connectivity index (χ0v) is 20.2. The molecule has 0 unspecified atom stereocenters. The number of para-hydroxylation sites is 1. The van der Waals surface area contributed by atoms with Crippen LogP contribution in [-0.4, -0.2) is 41.3 Å². The number of hydrogen-bond acceptors (Lipinski definition) is 5. The zero-order chi connectivity index (χ0) is 24.1. The number of carbonyl (C=O) groups is 1. The van der Waals surface area contributed by atoms with Crippen LogP contribution < -0.4 is 10.9 Å². The quantitative estimate of drug-likeness (QED) is 0.553. The molecule has 9 heteroatoms. The maximum Gasteiger partial charge on any atom is 0.261 e. The summed E-state index contributed by atoms with van der Waals surface area (Å²) < 4.78 is 28.8. The number of aromatic nitrogens is 2. The van der Waals surface area contributed by atoms with E-state index in [1.807, 2.05) is 19.1 Å². The van der Waals surface area contributed by atoms with Crippen molar-refractivity contribution in [3.63, 3.8) is 0 Å². The standard InChI is InChI=1S/C25H30N4O4S/c1-19-8-6-9-22-24(19)26-18-28(25(22)31)15-7-10-23(30)27-20-11-13-21(14-12-20)34(32,33)29-16-4-2-3-5-17-29/h6,8-9,11-14,18H,2-5,7,10,15-17H2,1H3,(H,27,30). The highest BCUT2D eigenvalue weighted by molar-refractivity contribution is 7.89. The maximum atomic E-state index is 12.9. The largest absolute Gasteiger partial charge is 0.326 e. The summed E-state index contributed by atoms with van der Waals surface area (Å²) in [4.78, 5) is 29.7. The van der Waals surface area contributed by atoms with Crippen LogP contribution in [-0.2, 0) is 21.4 Å². The molecule has 1 aliphatic rings. The topological polar surface area (TPSA) is 101 Å².